The summed E-state index contributed by atoms with van der Waals surface area (Å²) in [5, 5.41) is 3.73. The fourth-order valence-electron chi connectivity index (χ4n) is 3.25. The van der Waals surface area contributed by atoms with Gasteiger partial charge in [0.2, 0.25) is 0 Å². The number of hydrogen-bond donors (Lipinski definition) is 0. The van der Waals surface area contributed by atoms with E-state index >= 15 is 0 Å². The number of ether oxygens (including phenoxy) is 1. The molecule has 24 heavy (non-hydrogen) atoms. The van der Waals surface area contributed by atoms with Crippen molar-refractivity contribution in [1.29, 1.82) is 0 Å². The number of anilines is 1. The van der Waals surface area contributed by atoms with Gasteiger partial charge in [0.05, 0.1) is 12.7 Å². The zero-order valence-electron chi connectivity index (χ0n) is 13.3. The number of nitrogens with zero attached hydrogens (tertiary/aromatic N) is 5. The van der Waals surface area contributed by atoms with Gasteiger partial charge in [-0.3, -0.25) is 4.79 Å². The first-order chi connectivity index (χ1) is 11.8. The average molecular weight is 345 g/mol. The number of hydrogen-bond acceptors (Lipinski definition) is 7. The zero-order valence-corrected chi connectivity index (χ0v) is 14.1. The van der Waals surface area contributed by atoms with Crippen LogP contribution in [0, 0.1) is 0 Å². The van der Waals surface area contributed by atoms with Crippen molar-refractivity contribution < 1.29 is 9.53 Å². The maximum atomic E-state index is 12.4. The molecule has 0 radical (unpaired) electrons. The quantitative estimate of drug-likeness (QED) is 0.842. The largest absolute Gasteiger partial charge is 0.485 e. The van der Waals surface area contributed by atoms with Crippen molar-refractivity contribution in [3.05, 3.63) is 29.4 Å². The molecule has 8 heteroatoms. The number of pyridine rings is 1. The van der Waals surface area contributed by atoms with Crippen LogP contribution in [0.1, 0.15) is 28.9 Å². The lowest BCUT2D eigenvalue weighted by Gasteiger charge is -2.22. The Hall–Kier alpha value is -2.22. The van der Waals surface area contributed by atoms with E-state index in [1.54, 1.807) is 0 Å². The van der Waals surface area contributed by atoms with E-state index in [-0.39, 0.29) is 12.0 Å². The summed E-state index contributed by atoms with van der Waals surface area (Å²) in [6.45, 7) is 3.34. The Kier molecular flexibility index (Phi) is 4.29. The third-order valence-electron chi connectivity index (χ3n) is 4.45. The molecule has 0 spiro atoms. The standard InChI is InChI=1S/C16H19N5O2S/c22-16(14-10-18-19-24-14)21-9-5-12(11-21)23-13-4-3-6-17-15(13)20-7-1-2-8-20/h3-4,6,10,12H,1-2,5,7-9,11H2. The molecule has 0 saturated carbocycles. The predicted octanol–water partition coefficient (Wildman–Crippen LogP) is 1.83. The Morgan fingerprint density at radius 1 is 1.29 bits per heavy atom. The van der Waals surface area contributed by atoms with E-state index in [0.29, 0.717) is 18.0 Å². The number of rotatable bonds is 4. The van der Waals surface area contributed by atoms with Crippen molar-refractivity contribution in [3.63, 3.8) is 0 Å². The lowest BCUT2D eigenvalue weighted by Crippen LogP contribution is -2.30. The molecule has 1 unspecified atom stereocenters. The summed E-state index contributed by atoms with van der Waals surface area (Å²) in [6.07, 6.45) is 6.55. The van der Waals surface area contributed by atoms with Gasteiger partial charge in [-0.1, -0.05) is 4.49 Å². The number of carbonyl (C=O) groups excluding carboxylic acids is 1. The Morgan fingerprint density at radius 3 is 2.96 bits per heavy atom. The van der Waals surface area contributed by atoms with Crippen molar-refractivity contribution in [2.75, 3.05) is 31.1 Å². The van der Waals surface area contributed by atoms with Gasteiger partial charge >= 0.3 is 0 Å². The van der Waals surface area contributed by atoms with Gasteiger partial charge in [-0.2, -0.15) is 0 Å². The van der Waals surface area contributed by atoms with Crippen molar-refractivity contribution >= 4 is 23.3 Å². The molecule has 2 aromatic heterocycles. The van der Waals surface area contributed by atoms with Crippen LogP contribution in [0.4, 0.5) is 5.82 Å². The highest BCUT2D eigenvalue weighted by molar-refractivity contribution is 7.07. The van der Waals surface area contributed by atoms with Gasteiger partial charge in [-0.05, 0) is 36.5 Å². The van der Waals surface area contributed by atoms with E-state index in [1.807, 2.05) is 23.2 Å². The first-order valence-electron chi connectivity index (χ1n) is 8.24. The molecule has 0 aromatic carbocycles. The van der Waals surface area contributed by atoms with Crippen molar-refractivity contribution in [2.45, 2.75) is 25.4 Å². The van der Waals surface area contributed by atoms with Gasteiger partial charge in [0, 0.05) is 32.3 Å². The van der Waals surface area contributed by atoms with Crippen LogP contribution < -0.4 is 9.64 Å². The minimum Gasteiger partial charge on any atom is -0.485 e. The van der Waals surface area contributed by atoms with Crippen LogP contribution in [0.25, 0.3) is 0 Å². The molecular weight excluding hydrogens is 326 g/mol. The molecule has 0 aliphatic carbocycles. The first kappa shape index (κ1) is 15.3. The fraction of sp³-hybridized carbons (Fsp3) is 0.500. The lowest BCUT2D eigenvalue weighted by atomic mass is 10.3. The van der Waals surface area contributed by atoms with Gasteiger partial charge in [0.1, 0.15) is 11.0 Å². The number of aromatic nitrogens is 3. The SMILES string of the molecule is O=C(c1cnns1)N1CCC(Oc2cccnc2N2CCCC2)C1. The van der Waals surface area contributed by atoms with E-state index in [1.165, 1.54) is 19.0 Å². The summed E-state index contributed by atoms with van der Waals surface area (Å²) in [5.74, 6) is 1.73. The molecule has 7 nitrogen and oxygen atoms in total. The number of likely N-dealkylation sites (tertiary alicyclic amines) is 1. The van der Waals surface area contributed by atoms with Gasteiger partial charge < -0.3 is 14.5 Å². The first-order valence-corrected chi connectivity index (χ1v) is 9.02. The second-order valence-corrected chi connectivity index (χ2v) is 6.87. The molecular formula is C16H19N5O2S. The molecule has 1 atom stereocenters. The van der Waals surface area contributed by atoms with Crippen molar-refractivity contribution in [2.24, 2.45) is 0 Å². The van der Waals surface area contributed by atoms with Crippen molar-refractivity contribution in [1.82, 2.24) is 19.5 Å². The fourth-order valence-corrected chi connectivity index (χ4v) is 3.73. The van der Waals surface area contributed by atoms with Crippen LogP contribution >= 0.6 is 11.5 Å². The smallest absolute Gasteiger partial charge is 0.267 e. The van der Waals surface area contributed by atoms with Crippen molar-refractivity contribution in [3.8, 4) is 5.75 Å². The zero-order chi connectivity index (χ0) is 16.4. The summed E-state index contributed by atoms with van der Waals surface area (Å²) in [4.78, 5) is 21.5. The maximum Gasteiger partial charge on any atom is 0.267 e. The van der Waals surface area contributed by atoms with Crippen LogP contribution in [0.2, 0.25) is 0 Å². The Balaban J connectivity index is 1.43. The third-order valence-corrected chi connectivity index (χ3v) is 5.11. The molecule has 2 saturated heterocycles. The normalized spacial score (nSPS) is 20.6. The Labute approximate surface area is 144 Å². The van der Waals surface area contributed by atoms with E-state index in [4.69, 9.17) is 4.74 Å². The summed E-state index contributed by atoms with van der Waals surface area (Å²) in [6, 6.07) is 3.87. The molecule has 4 heterocycles. The molecule has 0 N–H and O–H groups in total. The van der Waals surface area contributed by atoms with E-state index in [9.17, 15) is 4.79 Å². The molecule has 4 rings (SSSR count). The minimum atomic E-state index is -0.0120. The molecule has 2 aromatic rings. The summed E-state index contributed by atoms with van der Waals surface area (Å²) in [5.41, 5.74) is 0. The van der Waals surface area contributed by atoms with Crippen LogP contribution in [0.3, 0.4) is 0 Å². The summed E-state index contributed by atoms with van der Waals surface area (Å²) < 4.78 is 9.95. The number of carbonyl (C=O) groups is 1. The Morgan fingerprint density at radius 2 is 2.17 bits per heavy atom. The lowest BCUT2D eigenvalue weighted by molar-refractivity contribution is 0.0777. The molecule has 2 aliphatic rings. The highest BCUT2D eigenvalue weighted by Gasteiger charge is 2.30. The second kappa shape index (κ2) is 6.72. The molecule has 2 fully saturated rings. The van der Waals surface area contributed by atoms with E-state index < -0.39 is 0 Å². The topological polar surface area (TPSA) is 71.5 Å². The predicted molar refractivity (Wildman–Crippen MR) is 90.5 cm³/mol. The third kappa shape index (κ3) is 3.06. The molecule has 0 bridgehead atoms. The van der Waals surface area contributed by atoms with Gasteiger partial charge in [-0.25, -0.2) is 4.98 Å². The summed E-state index contributed by atoms with van der Waals surface area (Å²) >= 11 is 1.13. The highest BCUT2D eigenvalue weighted by atomic mass is 32.1. The van der Waals surface area contributed by atoms with Gasteiger partial charge in [-0.15, -0.1) is 5.10 Å². The maximum absolute atomic E-state index is 12.4. The molecule has 2 aliphatic heterocycles. The van der Waals surface area contributed by atoms with E-state index in [2.05, 4.69) is 19.5 Å². The second-order valence-electron chi connectivity index (χ2n) is 6.08. The Bertz CT molecular complexity index is 702. The van der Waals surface area contributed by atoms with Crippen LogP contribution in [-0.2, 0) is 0 Å². The number of amides is 1. The monoisotopic (exact) mass is 345 g/mol. The molecule has 126 valence electrons. The average Bonchev–Trinajstić information content (AvgIpc) is 3.36. The van der Waals surface area contributed by atoms with E-state index in [0.717, 1.165) is 42.6 Å². The van der Waals surface area contributed by atoms with Gasteiger partial charge in [0.15, 0.2) is 11.6 Å². The minimum absolute atomic E-state index is 0.000355. The van der Waals surface area contributed by atoms with Gasteiger partial charge in [0.25, 0.3) is 5.91 Å². The highest BCUT2D eigenvalue weighted by Crippen LogP contribution is 2.30. The van der Waals surface area contributed by atoms with Crippen LogP contribution in [-0.4, -0.2) is 57.7 Å². The summed E-state index contributed by atoms with van der Waals surface area (Å²) in [7, 11) is 0. The van der Waals surface area contributed by atoms with Crippen LogP contribution in [0.15, 0.2) is 24.5 Å². The molecule has 1 amide bonds. The van der Waals surface area contributed by atoms with Crippen LogP contribution in [0.5, 0.6) is 5.75 Å².